The SMILES string of the molecule is CC(C)CC(=O)N1CC2(C[C@@H](Oc3ncccc3F)CCO2)C1. The minimum absolute atomic E-state index is 0.0432. The monoisotopic (exact) mass is 322 g/mol. The van der Waals surface area contributed by atoms with Gasteiger partial charge in [0.1, 0.15) is 11.7 Å². The number of aromatic nitrogens is 1. The van der Waals surface area contributed by atoms with Gasteiger partial charge >= 0.3 is 0 Å². The highest BCUT2D eigenvalue weighted by atomic mass is 19.1. The van der Waals surface area contributed by atoms with Crippen LogP contribution in [0.4, 0.5) is 4.39 Å². The maximum absolute atomic E-state index is 13.7. The van der Waals surface area contributed by atoms with E-state index >= 15 is 0 Å². The zero-order chi connectivity index (χ0) is 16.4. The molecule has 0 radical (unpaired) electrons. The fourth-order valence-corrected chi connectivity index (χ4v) is 3.22. The van der Waals surface area contributed by atoms with Gasteiger partial charge in [-0.05, 0) is 18.1 Å². The number of amides is 1. The molecule has 0 saturated carbocycles. The van der Waals surface area contributed by atoms with E-state index in [0.29, 0.717) is 44.9 Å². The first-order valence-corrected chi connectivity index (χ1v) is 8.16. The molecule has 6 heteroatoms. The first-order chi connectivity index (χ1) is 11.0. The van der Waals surface area contributed by atoms with Crippen LogP contribution in [-0.4, -0.2) is 47.2 Å². The third-order valence-corrected chi connectivity index (χ3v) is 4.34. The van der Waals surface area contributed by atoms with Crippen LogP contribution in [0.15, 0.2) is 18.3 Å². The van der Waals surface area contributed by atoms with Crippen LogP contribution in [0.5, 0.6) is 5.88 Å². The van der Waals surface area contributed by atoms with E-state index < -0.39 is 5.82 Å². The molecule has 126 valence electrons. The Bertz CT molecular complexity index is 573. The van der Waals surface area contributed by atoms with Crippen LogP contribution >= 0.6 is 0 Å². The molecule has 1 atom stereocenters. The Morgan fingerprint density at radius 3 is 3.04 bits per heavy atom. The summed E-state index contributed by atoms with van der Waals surface area (Å²) >= 11 is 0. The number of likely N-dealkylation sites (tertiary alicyclic amines) is 1. The molecule has 1 amide bonds. The van der Waals surface area contributed by atoms with E-state index in [4.69, 9.17) is 9.47 Å². The van der Waals surface area contributed by atoms with Crippen molar-refractivity contribution in [3.05, 3.63) is 24.1 Å². The molecule has 2 aliphatic heterocycles. The Morgan fingerprint density at radius 2 is 2.35 bits per heavy atom. The predicted molar refractivity (Wildman–Crippen MR) is 82.6 cm³/mol. The van der Waals surface area contributed by atoms with E-state index in [1.165, 1.54) is 18.3 Å². The summed E-state index contributed by atoms with van der Waals surface area (Å²) in [5, 5.41) is 0. The quantitative estimate of drug-likeness (QED) is 0.854. The molecule has 1 spiro atoms. The van der Waals surface area contributed by atoms with Gasteiger partial charge in [-0.1, -0.05) is 13.8 Å². The molecule has 2 fully saturated rings. The minimum atomic E-state index is -0.449. The average Bonchev–Trinajstić information content (AvgIpc) is 2.46. The summed E-state index contributed by atoms with van der Waals surface area (Å²) < 4.78 is 25.3. The second-order valence-corrected chi connectivity index (χ2v) is 6.90. The summed E-state index contributed by atoms with van der Waals surface area (Å²) in [4.78, 5) is 17.8. The Morgan fingerprint density at radius 1 is 1.57 bits per heavy atom. The minimum Gasteiger partial charge on any atom is -0.472 e. The number of halogens is 1. The van der Waals surface area contributed by atoms with Crippen molar-refractivity contribution in [2.45, 2.75) is 44.8 Å². The van der Waals surface area contributed by atoms with Crippen LogP contribution in [-0.2, 0) is 9.53 Å². The van der Waals surface area contributed by atoms with Gasteiger partial charge in [-0.3, -0.25) is 4.79 Å². The number of nitrogens with zero attached hydrogens (tertiary/aromatic N) is 2. The molecule has 3 heterocycles. The number of rotatable bonds is 4. The third-order valence-electron chi connectivity index (χ3n) is 4.34. The van der Waals surface area contributed by atoms with Crippen molar-refractivity contribution >= 4 is 5.91 Å². The first-order valence-electron chi connectivity index (χ1n) is 8.16. The molecule has 0 aromatic carbocycles. The lowest BCUT2D eigenvalue weighted by Crippen LogP contribution is -2.67. The van der Waals surface area contributed by atoms with Crippen molar-refractivity contribution in [3.8, 4) is 5.88 Å². The van der Waals surface area contributed by atoms with Gasteiger partial charge in [-0.25, -0.2) is 9.37 Å². The lowest BCUT2D eigenvalue weighted by molar-refractivity contribution is -0.193. The maximum Gasteiger partial charge on any atom is 0.250 e. The zero-order valence-corrected chi connectivity index (χ0v) is 13.6. The maximum atomic E-state index is 13.7. The highest BCUT2D eigenvalue weighted by Crippen LogP contribution is 2.36. The highest BCUT2D eigenvalue weighted by molar-refractivity contribution is 5.77. The van der Waals surface area contributed by atoms with Gasteiger partial charge in [0.15, 0.2) is 5.82 Å². The van der Waals surface area contributed by atoms with Gasteiger partial charge in [0, 0.05) is 25.5 Å². The van der Waals surface area contributed by atoms with Crippen molar-refractivity contribution in [3.63, 3.8) is 0 Å². The van der Waals surface area contributed by atoms with Gasteiger partial charge in [0.05, 0.1) is 19.7 Å². The van der Waals surface area contributed by atoms with Gasteiger partial charge < -0.3 is 14.4 Å². The Hall–Kier alpha value is -1.69. The van der Waals surface area contributed by atoms with Crippen LogP contribution in [0.2, 0.25) is 0 Å². The van der Waals surface area contributed by atoms with Gasteiger partial charge in [0.2, 0.25) is 5.91 Å². The number of hydrogen-bond acceptors (Lipinski definition) is 4. The largest absolute Gasteiger partial charge is 0.472 e. The molecule has 23 heavy (non-hydrogen) atoms. The number of hydrogen-bond donors (Lipinski definition) is 0. The number of ether oxygens (including phenoxy) is 2. The van der Waals surface area contributed by atoms with Gasteiger partial charge in [0.25, 0.3) is 5.88 Å². The third kappa shape index (κ3) is 3.63. The summed E-state index contributed by atoms with van der Waals surface area (Å²) in [6.45, 7) is 5.84. The van der Waals surface area contributed by atoms with Crippen LogP contribution < -0.4 is 4.74 Å². The predicted octanol–water partition coefficient (Wildman–Crippen LogP) is 2.41. The van der Waals surface area contributed by atoms with Gasteiger partial charge in [-0.15, -0.1) is 0 Å². The van der Waals surface area contributed by atoms with Crippen LogP contribution in [0.25, 0.3) is 0 Å². The molecule has 2 aliphatic rings. The zero-order valence-electron chi connectivity index (χ0n) is 13.6. The van der Waals surface area contributed by atoms with E-state index in [-0.39, 0.29) is 23.5 Å². The second-order valence-electron chi connectivity index (χ2n) is 6.90. The normalized spacial score (nSPS) is 23.0. The van der Waals surface area contributed by atoms with Crippen molar-refractivity contribution < 1.29 is 18.7 Å². The number of pyridine rings is 1. The summed E-state index contributed by atoms with van der Waals surface area (Å²) in [5.74, 6) is 0.125. The summed E-state index contributed by atoms with van der Waals surface area (Å²) in [6.07, 6.45) is 3.32. The molecule has 1 aromatic heterocycles. The van der Waals surface area contributed by atoms with E-state index in [1.54, 1.807) is 0 Å². The molecule has 2 saturated heterocycles. The summed E-state index contributed by atoms with van der Waals surface area (Å²) in [7, 11) is 0. The molecule has 5 nitrogen and oxygen atoms in total. The molecule has 0 N–H and O–H groups in total. The lowest BCUT2D eigenvalue weighted by atomic mass is 9.84. The van der Waals surface area contributed by atoms with Crippen LogP contribution in [0, 0.1) is 11.7 Å². The van der Waals surface area contributed by atoms with Crippen molar-refractivity contribution in [1.29, 1.82) is 0 Å². The highest BCUT2D eigenvalue weighted by Gasteiger charge is 2.49. The van der Waals surface area contributed by atoms with E-state index in [0.717, 1.165) is 0 Å². The van der Waals surface area contributed by atoms with Crippen molar-refractivity contribution in [1.82, 2.24) is 9.88 Å². The smallest absolute Gasteiger partial charge is 0.250 e. The van der Waals surface area contributed by atoms with Gasteiger partial charge in [-0.2, -0.15) is 0 Å². The fourth-order valence-electron chi connectivity index (χ4n) is 3.22. The topological polar surface area (TPSA) is 51.7 Å². The molecule has 3 rings (SSSR count). The number of carbonyl (C=O) groups is 1. The van der Waals surface area contributed by atoms with Crippen LogP contribution in [0.3, 0.4) is 0 Å². The first kappa shape index (κ1) is 16.2. The van der Waals surface area contributed by atoms with Crippen molar-refractivity contribution in [2.75, 3.05) is 19.7 Å². The molecule has 0 aliphatic carbocycles. The summed E-state index contributed by atoms with van der Waals surface area (Å²) in [6, 6.07) is 2.88. The second kappa shape index (κ2) is 6.43. The standard InChI is InChI=1S/C17H23FN2O3/c1-12(2)8-15(21)20-10-17(11-20)9-13(5-7-22-17)23-16-14(18)4-3-6-19-16/h3-4,6,12-13H,5,7-11H2,1-2H3/t13-/m0/s1. The molecular formula is C17H23FN2O3. The number of carbonyl (C=O) groups excluding carboxylic acids is 1. The fraction of sp³-hybridized carbons (Fsp3) is 0.647. The Labute approximate surface area is 135 Å². The van der Waals surface area contributed by atoms with Crippen LogP contribution in [0.1, 0.15) is 33.1 Å². The van der Waals surface area contributed by atoms with E-state index in [2.05, 4.69) is 4.98 Å². The van der Waals surface area contributed by atoms with E-state index in [1.807, 2.05) is 18.7 Å². The Balaban J connectivity index is 1.56. The molecule has 1 aromatic rings. The van der Waals surface area contributed by atoms with E-state index in [9.17, 15) is 9.18 Å². The average molecular weight is 322 g/mol. The van der Waals surface area contributed by atoms with Crippen molar-refractivity contribution in [2.24, 2.45) is 5.92 Å². The Kier molecular flexibility index (Phi) is 4.53. The lowest BCUT2D eigenvalue weighted by Gasteiger charge is -2.53. The molecular weight excluding hydrogens is 299 g/mol. The molecule has 0 unspecified atom stereocenters. The molecule has 0 bridgehead atoms. The summed E-state index contributed by atoms with van der Waals surface area (Å²) in [5.41, 5.74) is -0.333.